The van der Waals surface area contributed by atoms with Crippen LogP contribution in [0, 0.1) is 11.7 Å². The molecule has 0 unspecified atom stereocenters. The molecule has 0 aromatic heterocycles. The average Bonchev–Trinajstić information content (AvgIpc) is 3.03. The first-order valence-corrected chi connectivity index (χ1v) is 9.28. The van der Waals surface area contributed by atoms with Gasteiger partial charge in [0.2, 0.25) is 0 Å². The van der Waals surface area contributed by atoms with Gasteiger partial charge in [-0.25, -0.2) is 9.18 Å². The highest BCUT2D eigenvalue weighted by molar-refractivity contribution is 5.93. The second kappa shape index (κ2) is 8.04. The Balaban J connectivity index is 1.67. The summed E-state index contributed by atoms with van der Waals surface area (Å²) >= 11 is 0. The molecule has 1 atom stereocenters. The van der Waals surface area contributed by atoms with Crippen LogP contribution in [0.2, 0.25) is 0 Å². The van der Waals surface area contributed by atoms with E-state index in [1.807, 2.05) is 4.90 Å². The van der Waals surface area contributed by atoms with Gasteiger partial charge < -0.3 is 20.0 Å². The van der Waals surface area contributed by atoms with Crippen LogP contribution in [0.25, 0.3) is 0 Å². The lowest BCUT2D eigenvalue weighted by Crippen LogP contribution is -2.35. The largest absolute Gasteiger partial charge is 0.370 e. The summed E-state index contributed by atoms with van der Waals surface area (Å²) in [5.74, 6) is 0.192. The van der Waals surface area contributed by atoms with E-state index in [0.717, 1.165) is 57.7 Å². The van der Waals surface area contributed by atoms with E-state index in [1.165, 1.54) is 18.6 Å². The Hall–Kier alpha value is -1.82. The molecule has 0 radical (unpaired) electrons. The van der Waals surface area contributed by atoms with Gasteiger partial charge in [0.15, 0.2) is 0 Å². The molecule has 2 aliphatic heterocycles. The zero-order valence-corrected chi connectivity index (χ0v) is 15.3. The van der Waals surface area contributed by atoms with Gasteiger partial charge in [-0.15, -0.1) is 0 Å². The maximum Gasteiger partial charge on any atom is 0.321 e. The Labute approximate surface area is 149 Å². The smallest absolute Gasteiger partial charge is 0.321 e. The van der Waals surface area contributed by atoms with Crippen molar-refractivity contribution in [3.05, 3.63) is 24.0 Å². The molecule has 1 aromatic rings. The van der Waals surface area contributed by atoms with Crippen molar-refractivity contribution in [2.24, 2.45) is 5.92 Å². The van der Waals surface area contributed by atoms with Gasteiger partial charge in [0.25, 0.3) is 0 Å². The highest BCUT2D eigenvalue weighted by atomic mass is 19.1. The fourth-order valence-electron chi connectivity index (χ4n) is 3.90. The number of urea groups is 1. The molecule has 0 saturated carbocycles. The maximum absolute atomic E-state index is 13.8. The van der Waals surface area contributed by atoms with Crippen LogP contribution in [0.1, 0.15) is 25.7 Å². The van der Waals surface area contributed by atoms with Gasteiger partial charge in [-0.2, -0.15) is 0 Å². The SMILES string of the molecule is CN(C)C[C@H]1CCN(C(=O)Nc2cc(F)ccc2N2CCCCC2)C1. The van der Waals surface area contributed by atoms with Crippen LogP contribution in [0.3, 0.4) is 0 Å². The van der Waals surface area contributed by atoms with Crippen molar-refractivity contribution in [3.63, 3.8) is 0 Å². The minimum atomic E-state index is -0.317. The molecule has 3 rings (SSSR count). The molecule has 0 bridgehead atoms. The van der Waals surface area contributed by atoms with E-state index >= 15 is 0 Å². The van der Waals surface area contributed by atoms with E-state index in [9.17, 15) is 9.18 Å². The first kappa shape index (κ1) is 18.0. The van der Waals surface area contributed by atoms with Gasteiger partial charge in [-0.05, 0) is 63.9 Å². The fraction of sp³-hybridized carbons (Fsp3) is 0.632. The predicted octanol–water partition coefficient (Wildman–Crippen LogP) is 3.23. The van der Waals surface area contributed by atoms with Gasteiger partial charge in [-0.3, -0.25) is 0 Å². The molecule has 5 nitrogen and oxygen atoms in total. The molecule has 1 aromatic carbocycles. The molecule has 2 saturated heterocycles. The number of hydrogen-bond donors (Lipinski definition) is 1. The monoisotopic (exact) mass is 348 g/mol. The normalized spacial score (nSPS) is 21.0. The van der Waals surface area contributed by atoms with Crippen molar-refractivity contribution in [1.29, 1.82) is 0 Å². The van der Waals surface area contributed by atoms with Gasteiger partial charge in [0.1, 0.15) is 5.82 Å². The number of hydrogen-bond acceptors (Lipinski definition) is 3. The minimum Gasteiger partial charge on any atom is -0.370 e. The van der Waals surface area contributed by atoms with Gasteiger partial charge in [0, 0.05) is 32.7 Å². The predicted molar refractivity (Wildman–Crippen MR) is 99.7 cm³/mol. The van der Waals surface area contributed by atoms with Gasteiger partial charge >= 0.3 is 6.03 Å². The Kier molecular flexibility index (Phi) is 5.78. The second-order valence-electron chi connectivity index (χ2n) is 7.50. The maximum atomic E-state index is 13.8. The number of anilines is 2. The standard InChI is InChI=1S/C19H29FN4O/c1-22(2)13-15-8-11-24(14-15)19(25)21-17-12-16(20)6-7-18(17)23-9-4-3-5-10-23/h6-7,12,15H,3-5,8-11,13-14H2,1-2H3,(H,21,25)/t15-/m1/s1. The molecule has 25 heavy (non-hydrogen) atoms. The van der Waals surface area contributed by atoms with Crippen molar-refractivity contribution >= 4 is 17.4 Å². The first-order valence-electron chi connectivity index (χ1n) is 9.28. The van der Waals surface area contributed by atoms with Crippen molar-refractivity contribution in [2.45, 2.75) is 25.7 Å². The summed E-state index contributed by atoms with van der Waals surface area (Å²) in [6.45, 7) is 4.44. The van der Waals surface area contributed by atoms with Crippen LogP contribution < -0.4 is 10.2 Å². The molecule has 6 heteroatoms. The highest BCUT2D eigenvalue weighted by Gasteiger charge is 2.27. The topological polar surface area (TPSA) is 38.8 Å². The third-order valence-electron chi connectivity index (χ3n) is 5.09. The molecule has 2 aliphatic rings. The number of piperidine rings is 1. The minimum absolute atomic E-state index is 0.120. The summed E-state index contributed by atoms with van der Waals surface area (Å²) in [5.41, 5.74) is 1.52. The van der Waals surface area contributed by atoms with E-state index in [0.29, 0.717) is 11.6 Å². The van der Waals surface area contributed by atoms with Crippen molar-refractivity contribution < 1.29 is 9.18 Å². The van der Waals surface area contributed by atoms with E-state index in [2.05, 4.69) is 29.2 Å². The zero-order chi connectivity index (χ0) is 17.8. The van der Waals surface area contributed by atoms with Gasteiger partial charge in [-0.1, -0.05) is 0 Å². The molecule has 2 fully saturated rings. The molecule has 138 valence electrons. The number of carbonyl (C=O) groups is 1. The Bertz CT molecular complexity index is 601. The summed E-state index contributed by atoms with van der Waals surface area (Å²) in [4.78, 5) is 18.9. The lowest BCUT2D eigenvalue weighted by molar-refractivity contribution is 0.219. The molecule has 2 heterocycles. The highest BCUT2D eigenvalue weighted by Crippen LogP contribution is 2.30. The number of amides is 2. The van der Waals surface area contributed by atoms with Crippen molar-refractivity contribution in [3.8, 4) is 0 Å². The third kappa shape index (κ3) is 4.63. The number of carbonyl (C=O) groups excluding carboxylic acids is 1. The quantitative estimate of drug-likeness (QED) is 0.908. The van der Waals surface area contributed by atoms with Crippen LogP contribution in [0.4, 0.5) is 20.6 Å². The zero-order valence-electron chi connectivity index (χ0n) is 15.3. The number of nitrogens with one attached hydrogen (secondary N) is 1. The van der Waals surface area contributed by atoms with E-state index in [-0.39, 0.29) is 11.8 Å². The van der Waals surface area contributed by atoms with Crippen LogP contribution in [0.15, 0.2) is 18.2 Å². The number of halogens is 1. The van der Waals surface area contributed by atoms with E-state index in [1.54, 1.807) is 6.07 Å². The lowest BCUT2D eigenvalue weighted by atomic mass is 10.1. The van der Waals surface area contributed by atoms with Crippen molar-refractivity contribution in [2.75, 3.05) is 57.0 Å². The number of nitrogens with zero attached hydrogens (tertiary/aromatic N) is 3. The molecule has 0 aliphatic carbocycles. The fourth-order valence-corrected chi connectivity index (χ4v) is 3.90. The second-order valence-corrected chi connectivity index (χ2v) is 7.50. The van der Waals surface area contributed by atoms with Crippen LogP contribution >= 0.6 is 0 Å². The third-order valence-corrected chi connectivity index (χ3v) is 5.09. The van der Waals surface area contributed by atoms with E-state index < -0.39 is 0 Å². The lowest BCUT2D eigenvalue weighted by Gasteiger charge is -2.31. The molecule has 2 amide bonds. The Morgan fingerprint density at radius 1 is 1.24 bits per heavy atom. The summed E-state index contributed by atoms with van der Waals surface area (Å²) in [6.07, 6.45) is 4.54. The number of benzene rings is 1. The van der Waals surface area contributed by atoms with E-state index in [4.69, 9.17) is 0 Å². The van der Waals surface area contributed by atoms with Gasteiger partial charge in [0.05, 0.1) is 11.4 Å². The average molecular weight is 348 g/mol. The molecular weight excluding hydrogens is 319 g/mol. The molecular formula is C19H29FN4O. The first-order chi connectivity index (χ1) is 12.0. The van der Waals surface area contributed by atoms with Crippen molar-refractivity contribution in [1.82, 2.24) is 9.80 Å². The molecule has 0 spiro atoms. The number of likely N-dealkylation sites (tertiary alicyclic amines) is 1. The van der Waals surface area contributed by atoms with Crippen LogP contribution in [-0.2, 0) is 0 Å². The summed E-state index contributed by atoms with van der Waals surface area (Å²) < 4.78 is 13.8. The summed E-state index contributed by atoms with van der Waals surface area (Å²) in [7, 11) is 4.11. The number of rotatable bonds is 4. The van der Waals surface area contributed by atoms with Crippen LogP contribution in [0.5, 0.6) is 0 Å². The Morgan fingerprint density at radius 2 is 2.00 bits per heavy atom. The molecule has 1 N–H and O–H groups in total. The Morgan fingerprint density at radius 3 is 2.72 bits per heavy atom. The summed E-state index contributed by atoms with van der Waals surface area (Å²) in [6, 6.07) is 4.58. The summed E-state index contributed by atoms with van der Waals surface area (Å²) in [5, 5.41) is 2.96. The van der Waals surface area contributed by atoms with Crippen LogP contribution in [-0.4, -0.2) is 62.7 Å².